The second-order valence-corrected chi connectivity index (χ2v) is 15.6. The van der Waals surface area contributed by atoms with E-state index in [9.17, 15) is 0 Å². The molecular formula is C56H50N2. The van der Waals surface area contributed by atoms with Crippen LogP contribution in [-0.2, 0) is 5.41 Å². The number of hydrogen-bond donors (Lipinski definition) is 0. The van der Waals surface area contributed by atoms with E-state index >= 15 is 0 Å². The number of rotatable bonds is 6. The van der Waals surface area contributed by atoms with Crippen molar-refractivity contribution in [2.75, 3.05) is 0 Å². The zero-order valence-corrected chi connectivity index (χ0v) is 34.4. The first-order valence-corrected chi connectivity index (χ1v) is 20.1. The Labute approximate surface area is 345 Å². The molecule has 0 saturated heterocycles. The van der Waals surface area contributed by atoms with Gasteiger partial charge in [-0.25, -0.2) is 0 Å². The Bertz CT molecular complexity index is 2590. The Kier molecular flexibility index (Phi) is 11.7. The highest BCUT2D eigenvalue weighted by molar-refractivity contribution is 6.01. The van der Waals surface area contributed by atoms with Crippen LogP contribution in [0.4, 0.5) is 0 Å². The summed E-state index contributed by atoms with van der Waals surface area (Å²) in [6.07, 6.45) is 6.18. The molecule has 6 aromatic carbocycles. The van der Waals surface area contributed by atoms with Gasteiger partial charge in [0.2, 0.25) is 0 Å². The van der Waals surface area contributed by atoms with E-state index in [0.717, 1.165) is 6.42 Å². The molecule has 58 heavy (non-hydrogen) atoms. The van der Waals surface area contributed by atoms with Gasteiger partial charge >= 0.3 is 0 Å². The van der Waals surface area contributed by atoms with E-state index in [2.05, 4.69) is 198 Å². The molecule has 0 spiro atoms. The van der Waals surface area contributed by atoms with Gasteiger partial charge in [-0.3, -0.25) is 0 Å². The zero-order valence-electron chi connectivity index (χ0n) is 34.4. The van der Waals surface area contributed by atoms with E-state index in [1.54, 1.807) is 12.1 Å². The number of fused-ring (bicyclic) bond motifs is 4. The number of nitriles is 2. The summed E-state index contributed by atoms with van der Waals surface area (Å²) in [5.74, 6) is 0.131. The van der Waals surface area contributed by atoms with Crippen molar-refractivity contribution in [2.45, 2.75) is 59.3 Å². The van der Waals surface area contributed by atoms with Gasteiger partial charge in [-0.15, -0.1) is 0 Å². The van der Waals surface area contributed by atoms with Crippen molar-refractivity contribution >= 4 is 22.8 Å². The summed E-state index contributed by atoms with van der Waals surface area (Å²) in [4.78, 5) is 0. The van der Waals surface area contributed by atoms with E-state index in [0.29, 0.717) is 0 Å². The Morgan fingerprint density at radius 2 is 0.948 bits per heavy atom. The second-order valence-electron chi connectivity index (χ2n) is 15.6. The molecule has 0 aromatic heterocycles. The molecule has 3 atom stereocenters. The van der Waals surface area contributed by atoms with E-state index in [-0.39, 0.29) is 11.8 Å². The lowest BCUT2D eigenvalue weighted by Crippen LogP contribution is -2.39. The molecule has 284 valence electrons. The molecule has 0 N–H and O–H groups in total. The minimum atomic E-state index is -0.431. The van der Waals surface area contributed by atoms with Gasteiger partial charge in [-0.2, -0.15) is 10.5 Å². The first-order chi connectivity index (χ1) is 28.2. The van der Waals surface area contributed by atoms with Gasteiger partial charge in [0.15, 0.2) is 0 Å². The topological polar surface area (TPSA) is 47.6 Å². The lowest BCUT2D eigenvalue weighted by molar-refractivity contribution is 0.510. The van der Waals surface area contributed by atoms with Crippen molar-refractivity contribution in [1.82, 2.24) is 0 Å². The van der Waals surface area contributed by atoms with Crippen molar-refractivity contribution in [3.05, 3.63) is 236 Å². The van der Waals surface area contributed by atoms with Crippen LogP contribution in [-0.4, -0.2) is 0 Å². The van der Waals surface area contributed by atoms with Crippen LogP contribution in [0.1, 0.15) is 81.8 Å². The largest absolute Gasteiger partial charge is 0.199 e. The average molecular weight is 751 g/mol. The maximum absolute atomic E-state index is 7.32. The molecule has 2 nitrogen and oxygen atoms in total. The SMILES string of the molecule is CC#N.CC#N.Cc1cc(C)cc(/C=C2\[C@@H]3C(c4ccccc4)=C[C@@]2(c2ccccc2)[C@@H](c2cc(C)cc(C)c2)C2=C(c4ccccc4)CC(c4ccccc4)=C23)c1. The maximum atomic E-state index is 7.32. The van der Waals surface area contributed by atoms with Crippen LogP contribution in [0.15, 0.2) is 181 Å². The van der Waals surface area contributed by atoms with Crippen LogP contribution < -0.4 is 0 Å². The van der Waals surface area contributed by atoms with Gasteiger partial charge in [0.25, 0.3) is 0 Å². The van der Waals surface area contributed by atoms with Gasteiger partial charge in [0.05, 0.1) is 12.1 Å². The summed E-state index contributed by atoms with van der Waals surface area (Å²) >= 11 is 0. The monoisotopic (exact) mass is 750 g/mol. The molecular weight excluding hydrogens is 701 g/mol. The number of aryl methyl sites for hydroxylation is 4. The first kappa shape index (κ1) is 39.5. The third-order valence-corrected chi connectivity index (χ3v) is 11.6. The first-order valence-electron chi connectivity index (χ1n) is 20.1. The second kappa shape index (κ2) is 17.2. The predicted octanol–water partition coefficient (Wildman–Crippen LogP) is 14.1. The Morgan fingerprint density at radius 3 is 1.43 bits per heavy atom. The van der Waals surface area contributed by atoms with Crippen LogP contribution in [0, 0.1) is 56.3 Å². The summed E-state index contributed by atoms with van der Waals surface area (Å²) in [5.41, 5.74) is 21.5. The molecule has 3 aliphatic rings. The van der Waals surface area contributed by atoms with E-state index < -0.39 is 5.41 Å². The molecule has 0 unspecified atom stereocenters. The quantitative estimate of drug-likeness (QED) is 0.170. The summed E-state index contributed by atoms with van der Waals surface area (Å²) in [7, 11) is 0. The van der Waals surface area contributed by atoms with Crippen LogP contribution in [0.25, 0.3) is 22.8 Å². The highest BCUT2D eigenvalue weighted by Gasteiger charge is 2.59. The minimum Gasteiger partial charge on any atom is -0.199 e. The Hall–Kier alpha value is -6.74. The number of benzene rings is 6. The summed E-state index contributed by atoms with van der Waals surface area (Å²) < 4.78 is 0. The molecule has 6 aromatic rings. The van der Waals surface area contributed by atoms with Crippen LogP contribution >= 0.6 is 0 Å². The Morgan fingerprint density at radius 1 is 0.534 bits per heavy atom. The number of nitrogens with zero attached hydrogens (tertiary/aromatic N) is 2. The fourth-order valence-corrected chi connectivity index (χ4v) is 9.85. The molecule has 9 rings (SSSR count). The third kappa shape index (κ3) is 7.43. The van der Waals surface area contributed by atoms with Crippen molar-refractivity contribution < 1.29 is 0 Å². The zero-order chi connectivity index (χ0) is 40.8. The Balaban J connectivity index is 0.000000806. The van der Waals surface area contributed by atoms with E-state index in [4.69, 9.17) is 10.5 Å². The predicted molar refractivity (Wildman–Crippen MR) is 242 cm³/mol. The highest BCUT2D eigenvalue weighted by Crippen LogP contribution is 2.71. The normalized spacial score (nSPS) is 19.5. The molecule has 1 fully saturated rings. The molecule has 1 saturated carbocycles. The molecule has 0 heterocycles. The standard InChI is InChI=1S/C52H44.2C2H3N/c1-34-25-35(2)28-38(27-34)31-47-48-46(41-21-13-7-14-22-41)33-52(47,43-23-15-8-16-24-43)51(42-29-36(3)26-37(4)30-42)50-45(40-19-11-6-12-20-40)32-44(49(48)50)39-17-9-5-10-18-39;2*1-2-3/h5-31,33,48,51H,32H2,1-4H3;2*1H3/b47-31+;;/t48-,51-,52-;;/m0../s1. The number of hydrogen-bond acceptors (Lipinski definition) is 2. The van der Waals surface area contributed by atoms with Crippen molar-refractivity contribution in [1.29, 1.82) is 10.5 Å². The van der Waals surface area contributed by atoms with Crippen LogP contribution in [0.3, 0.4) is 0 Å². The summed E-state index contributed by atoms with van der Waals surface area (Å²) in [5, 5.41) is 14.6. The smallest absolute Gasteiger partial charge is 0.0587 e. The van der Waals surface area contributed by atoms with E-state index in [1.165, 1.54) is 103 Å². The fourth-order valence-electron chi connectivity index (χ4n) is 9.85. The van der Waals surface area contributed by atoms with Gasteiger partial charge < -0.3 is 0 Å². The van der Waals surface area contributed by atoms with Crippen molar-refractivity contribution in [2.24, 2.45) is 5.92 Å². The number of allylic oxidation sites excluding steroid dienone is 7. The van der Waals surface area contributed by atoms with Crippen LogP contribution in [0.5, 0.6) is 0 Å². The third-order valence-electron chi connectivity index (χ3n) is 11.6. The average Bonchev–Trinajstić information content (AvgIpc) is 3.72. The molecule has 2 bridgehead atoms. The molecule has 0 amide bonds. The lowest BCUT2D eigenvalue weighted by atomic mass is 9.54. The molecule has 3 aliphatic carbocycles. The molecule has 0 aliphatic heterocycles. The minimum absolute atomic E-state index is 0.0505. The highest BCUT2D eigenvalue weighted by atomic mass is 14.6. The lowest BCUT2D eigenvalue weighted by Gasteiger charge is -2.47. The molecule has 0 radical (unpaired) electrons. The summed E-state index contributed by atoms with van der Waals surface area (Å²) in [6.45, 7) is 11.8. The maximum Gasteiger partial charge on any atom is 0.0587 e. The van der Waals surface area contributed by atoms with Crippen molar-refractivity contribution in [3.8, 4) is 12.1 Å². The van der Waals surface area contributed by atoms with Gasteiger partial charge in [0.1, 0.15) is 0 Å². The summed E-state index contributed by atoms with van der Waals surface area (Å²) in [6, 6.07) is 62.8. The van der Waals surface area contributed by atoms with Gasteiger partial charge in [-0.05, 0) is 101 Å². The van der Waals surface area contributed by atoms with Gasteiger partial charge in [-0.1, -0.05) is 192 Å². The van der Waals surface area contributed by atoms with Gasteiger partial charge in [0, 0.05) is 31.1 Å². The van der Waals surface area contributed by atoms with E-state index in [1.807, 2.05) is 0 Å². The van der Waals surface area contributed by atoms with Crippen LogP contribution in [0.2, 0.25) is 0 Å². The molecule has 2 heteroatoms. The van der Waals surface area contributed by atoms with Crippen molar-refractivity contribution in [3.63, 3.8) is 0 Å². The fraction of sp³-hybridized carbons (Fsp3) is 0.179.